The van der Waals surface area contributed by atoms with E-state index in [0.29, 0.717) is 5.75 Å². The third-order valence-electron chi connectivity index (χ3n) is 3.36. The molecule has 0 radical (unpaired) electrons. The first-order valence-corrected chi connectivity index (χ1v) is 6.67. The molecule has 1 atom stereocenters. The summed E-state index contributed by atoms with van der Waals surface area (Å²) in [5.74, 6) is -0.324. The third kappa shape index (κ3) is 3.54. The van der Waals surface area contributed by atoms with Crippen molar-refractivity contribution in [1.29, 1.82) is 0 Å². The highest BCUT2D eigenvalue weighted by molar-refractivity contribution is 5.78. The van der Waals surface area contributed by atoms with Gasteiger partial charge in [-0.2, -0.15) is 0 Å². The zero-order chi connectivity index (χ0) is 15.5. The van der Waals surface area contributed by atoms with Crippen LogP contribution in [-0.2, 0) is 11.2 Å². The van der Waals surface area contributed by atoms with E-state index in [1.54, 1.807) is 25.1 Å². The van der Waals surface area contributed by atoms with Crippen molar-refractivity contribution >= 4 is 5.97 Å². The fraction of sp³-hybridized carbons (Fsp3) is 0.235. The molecule has 2 rings (SSSR count). The number of phenols is 1. The molecule has 0 aromatic heterocycles. The fourth-order valence-electron chi connectivity index (χ4n) is 2.07. The Bertz CT molecular complexity index is 633. The first kappa shape index (κ1) is 14.9. The van der Waals surface area contributed by atoms with Crippen LogP contribution in [0.15, 0.2) is 48.5 Å². The fourth-order valence-corrected chi connectivity index (χ4v) is 2.07. The molecule has 2 aromatic rings. The van der Waals surface area contributed by atoms with Crippen LogP contribution >= 0.6 is 0 Å². The molecule has 0 aliphatic carbocycles. The smallest absolute Gasteiger partial charge is 0.348 e. The maximum absolute atomic E-state index is 11.6. The zero-order valence-corrected chi connectivity index (χ0v) is 12.0. The Kier molecular flexibility index (Phi) is 4.17. The molecule has 2 N–H and O–H groups in total. The van der Waals surface area contributed by atoms with Crippen LogP contribution in [0.25, 0.3) is 0 Å². The van der Waals surface area contributed by atoms with Gasteiger partial charge in [-0.3, -0.25) is 0 Å². The number of aliphatic carboxylic acids is 1. The molecular formula is C17H18O4. The summed E-state index contributed by atoms with van der Waals surface area (Å²) in [7, 11) is 0. The minimum Gasteiger partial charge on any atom is -0.508 e. The van der Waals surface area contributed by atoms with Gasteiger partial charge in [0.1, 0.15) is 11.5 Å². The number of para-hydroxylation sites is 1. The minimum atomic E-state index is -1.37. The molecule has 0 saturated heterocycles. The van der Waals surface area contributed by atoms with Crippen molar-refractivity contribution in [3.8, 4) is 11.5 Å². The van der Waals surface area contributed by atoms with E-state index in [9.17, 15) is 15.0 Å². The number of benzene rings is 2. The van der Waals surface area contributed by atoms with Crippen molar-refractivity contribution in [2.45, 2.75) is 25.9 Å². The third-order valence-corrected chi connectivity index (χ3v) is 3.36. The van der Waals surface area contributed by atoms with Crippen molar-refractivity contribution in [1.82, 2.24) is 0 Å². The van der Waals surface area contributed by atoms with Crippen LogP contribution in [0.1, 0.15) is 18.1 Å². The molecule has 4 nitrogen and oxygen atoms in total. The van der Waals surface area contributed by atoms with Gasteiger partial charge in [-0.05, 0) is 43.2 Å². The number of carboxylic acid groups (broad SMARTS) is 1. The molecule has 0 aliphatic rings. The summed E-state index contributed by atoms with van der Waals surface area (Å²) in [4.78, 5) is 11.6. The Morgan fingerprint density at radius 2 is 1.76 bits per heavy atom. The highest BCUT2D eigenvalue weighted by Crippen LogP contribution is 2.26. The SMILES string of the molecule is Cc1ccccc1OC(C)(Cc1ccc(O)cc1)C(=O)O. The summed E-state index contributed by atoms with van der Waals surface area (Å²) in [6.45, 7) is 3.42. The Morgan fingerprint density at radius 1 is 1.14 bits per heavy atom. The van der Waals surface area contributed by atoms with E-state index >= 15 is 0 Å². The van der Waals surface area contributed by atoms with E-state index in [2.05, 4.69) is 0 Å². The summed E-state index contributed by atoms with van der Waals surface area (Å²) in [5, 5.41) is 18.8. The van der Waals surface area contributed by atoms with Gasteiger partial charge in [0, 0.05) is 6.42 Å². The largest absolute Gasteiger partial charge is 0.508 e. The highest BCUT2D eigenvalue weighted by atomic mass is 16.5. The second-order valence-corrected chi connectivity index (χ2v) is 5.25. The quantitative estimate of drug-likeness (QED) is 0.886. The molecule has 2 aromatic carbocycles. The Labute approximate surface area is 123 Å². The maximum Gasteiger partial charge on any atom is 0.348 e. The average molecular weight is 286 g/mol. The van der Waals surface area contributed by atoms with Gasteiger partial charge in [0.2, 0.25) is 5.60 Å². The number of ether oxygens (including phenoxy) is 1. The summed E-state index contributed by atoms with van der Waals surface area (Å²) < 4.78 is 5.77. The van der Waals surface area contributed by atoms with Crippen LogP contribution in [-0.4, -0.2) is 21.8 Å². The summed E-state index contributed by atoms with van der Waals surface area (Å²) >= 11 is 0. The Hall–Kier alpha value is -2.49. The molecule has 0 spiro atoms. The molecule has 0 amide bonds. The van der Waals surface area contributed by atoms with Crippen LogP contribution in [0.2, 0.25) is 0 Å². The van der Waals surface area contributed by atoms with Gasteiger partial charge in [0.25, 0.3) is 0 Å². The molecule has 110 valence electrons. The molecule has 1 unspecified atom stereocenters. The van der Waals surface area contributed by atoms with Gasteiger partial charge >= 0.3 is 5.97 Å². The number of aryl methyl sites for hydroxylation is 1. The number of phenolic OH excluding ortho intramolecular Hbond substituents is 1. The second kappa shape index (κ2) is 5.87. The topological polar surface area (TPSA) is 66.8 Å². The number of aromatic hydroxyl groups is 1. The van der Waals surface area contributed by atoms with Gasteiger partial charge < -0.3 is 14.9 Å². The number of hydrogen-bond acceptors (Lipinski definition) is 3. The summed E-state index contributed by atoms with van der Waals surface area (Å²) in [6.07, 6.45) is 0.205. The van der Waals surface area contributed by atoms with Crippen molar-refractivity contribution in [3.05, 3.63) is 59.7 Å². The Balaban J connectivity index is 2.26. The summed E-state index contributed by atoms with van der Waals surface area (Å²) in [5.41, 5.74) is 0.297. The average Bonchev–Trinajstić information content (AvgIpc) is 2.44. The van der Waals surface area contributed by atoms with E-state index < -0.39 is 11.6 Å². The van der Waals surface area contributed by atoms with Crippen molar-refractivity contribution < 1.29 is 19.7 Å². The Morgan fingerprint density at radius 3 is 2.33 bits per heavy atom. The number of rotatable bonds is 5. The van der Waals surface area contributed by atoms with Crippen LogP contribution < -0.4 is 4.74 Å². The number of carbonyl (C=O) groups is 1. The lowest BCUT2D eigenvalue weighted by atomic mass is 9.96. The molecule has 0 saturated carbocycles. The lowest BCUT2D eigenvalue weighted by molar-refractivity contribution is -0.153. The van der Waals surface area contributed by atoms with Crippen molar-refractivity contribution in [2.24, 2.45) is 0 Å². The zero-order valence-electron chi connectivity index (χ0n) is 12.0. The van der Waals surface area contributed by atoms with Gasteiger partial charge in [-0.1, -0.05) is 30.3 Å². The van der Waals surface area contributed by atoms with Gasteiger partial charge in [0.05, 0.1) is 0 Å². The monoisotopic (exact) mass is 286 g/mol. The lowest BCUT2D eigenvalue weighted by Gasteiger charge is -2.27. The van der Waals surface area contributed by atoms with E-state index in [4.69, 9.17) is 4.74 Å². The van der Waals surface area contributed by atoms with E-state index in [0.717, 1.165) is 11.1 Å². The van der Waals surface area contributed by atoms with Gasteiger partial charge in [-0.15, -0.1) is 0 Å². The molecular weight excluding hydrogens is 268 g/mol. The molecule has 0 bridgehead atoms. The predicted octanol–water partition coefficient (Wildman–Crippen LogP) is 3.17. The van der Waals surface area contributed by atoms with Gasteiger partial charge in [-0.25, -0.2) is 4.79 Å². The minimum absolute atomic E-state index is 0.149. The maximum atomic E-state index is 11.6. The normalized spacial score (nSPS) is 13.4. The van der Waals surface area contributed by atoms with Crippen LogP contribution in [0.3, 0.4) is 0 Å². The first-order chi connectivity index (χ1) is 9.90. The van der Waals surface area contributed by atoms with Gasteiger partial charge in [0.15, 0.2) is 0 Å². The molecule has 21 heavy (non-hydrogen) atoms. The van der Waals surface area contributed by atoms with Crippen molar-refractivity contribution in [3.63, 3.8) is 0 Å². The predicted molar refractivity (Wildman–Crippen MR) is 79.7 cm³/mol. The molecule has 0 heterocycles. The highest BCUT2D eigenvalue weighted by Gasteiger charge is 2.36. The molecule has 4 heteroatoms. The van der Waals surface area contributed by atoms with E-state index in [1.807, 2.05) is 25.1 Å². The van der Waals surface area contributed by atoms with Crippen molar-refractivity contribution in [2.75, 3.05) is 0 Å². The van der Waals surface area contributed by atoms with Crippen LogP contribution in [0, 0.1) is 6.92 Å². The van der Waals surface area contributed by atoms with Crippen LogP contribution in [0.5, 0.6) is 11.5 Å². The van der Waals surface area contributed by atoms with Crippen LogP contribution in [0.4, 0.5) is 0 Å². The molecule has 0 fully saturated rings. The second-order valence-electron chi connectivity index (χ2n) is 5.25. The first-order valence-electron chi connectivity index (χ1n) is 6.67. The standard InChI is InChI=1S/C17H18O4/c1-12-5-3-4-6-15(12)21-17(2,16(19)20)11-13-7-9-14(18)10-8-13/h3-10,18H,11H2,1-2H3,(H,19,20). The molecule has 0 aliphatic heterocycles. The number of hydrogen-bond donors (Lipinski definition) is 2. The van der Waals surface area contributed by atoms with E-state index in [-0.39, 0.29) is 12.2 Å². The number of carboxylic acids is 1. The lowest BCUT2D eigenvalue weighted by Crippen LogP contribution is -2.43. The van der Waals surface area contributed by atoms with E-state index in [1.165, 1.54) is 12.1 Å². The summed E-state index contributed by atoms with van der Waals surface area (Å²) in [6, 6.07) is 13.8.